The fourth-order valence-electron chi connectivity index (χ4n) is 5.16. The molecule has 32 heavy (non-hydrogen) atoms. The molecule has 9 heteroatoms. The Balaban J connectivity index is 1.53. The molecule has 4 aromatic heterocycles. The Morgan fingerprint density at radius 3 is 2.88 bits per heavy atom. The molecule has 1 fully saturated rings. The first kappa shape index (κ1) is 19.3. The van der Waals surface area contributed by atoms with E-state index in [9.17, 15) is 4.39 Å². The summed E-state index contributed by atoms with van der Waals surface area (Å²) in [5.41, 5.74) is 10.0. The summed E-state index contributed by atoms with van der Waals surface area (Å²) < 4.78 is 16.7. The zero-order valence-electron chi connectivity index (χ0n) is 17.8. The second-order valence-corrected chi connectivity index (χ2v) is 8.83. The molecule has 162 valence electrons. The highest BCUT2D eigenvalue weighted by atomic mass is 19.1. The van der Waals surface area contributed by atoms with Gasteiger partial charge in [-0.15, -0.1) is 0 Å². The van der Waals surface area contributed by atoms with E-state index in [0.717, 1.165) is 48.8 Å². The summed E-state index contributed by atoms with van der Waals surface area (Å²) in [4.78, 5) is 15.8. The van der Waals surface area contributed by atoms with Crippen LogP contribution in [0.25, 0.3) is 16.9 Å². The van der Waals surface area contributed by atoms with Crippen LogP contribution in [-0.2, 0) is 0 Å². The Morgan fingerprint density at radius 2 is 2.00 bits per heavy atom. The van der Waals surface area contributed by atoms with Crippen LogP contribution in [0.2, 0.25) is 0 Å². The Morgan fingerprint density at radius 1 is 1.09 bits per heavy atom. The molecule has 0 spiro atoms. The minimum atomic E-state index is -0.400. The molecule has 4 aromatic rings. The summed E-state index contributed by atoms with van der Waals surface area (Å²) >= 11 is 0. The van der Waals surface area contributed by atoms with E-state index < -0.39 is 5.82 Å². The van der Waals surface area contributed by atoms with Crippen molar-refractivity contribution in [1.29, 1.82) is 0 Å². The summed E-state index contributed by atoms with van der Waals surface area (Å²) in [5, 5.41) is 4.76. The van der Waals surface area contributed by atoms with Crippen LogP contribution in [0.3, 0.4) is 0 Å². The van der Waals surface area contributed by atoms with Crippen molar-refractivity contribution < 1.29 is 4.39 Å². The maximum absolute atomic E-state index is 14.4. The Kier molecular flexibility index (Phi) is 4.24. The maximum atomic E-state index is 14.4. The summed E-state index contributed by atoms with van der Waals surface area (Å²) in [6.45, 7) is 1.67. The number of nitrogens with two attached hydrogens (primary N) is 1. The average Bonchev–Trinajstić information content (AvgIpc) is 3.24. The molecule has 2 aliphatic heterocycles. The third-order valence-corrected chi connectivity index (χ3v) is 6.75. The van der Waals surface area contributed by atoms with E-state index in [0.29, 0.717) is 16.2 Å². The molecule has 0 saturated carbocycles. The van der Waals surface area contributed by atoms with E-state index in [2.05, 4.69) is 28.0 Å². The van der Waals surface area contributed by atoms with E-state index in [-0.39, 0.29) is 11.7 Å². The lowest BCUT2D eigenvalue weighted by Gasteiger charge is -2.48. The highest BCUT2D eigenvalue weighted by Gasteiger charge is 2.47. The van der Waals surface area contributed by atoms with Crippen LogP contribution < -0.4 is 15.1 Å². The molecule has 6 rings (SSSR count). The predicted molar refractivity (Wildman–Crippen MR) is 121 cm³/mol. The molecule has 1 saturated heterocycles. The van der Waals surface area contributed by atoms with Gasteiger partial charge in [0.25, 0.3) is 0 Å². The minimum absolute atomic E-state index is 0.175. The molecule has 8 nitrogen and oxygen atoms in total. The van der Waals surface area contributed by atoms with Crippen LogP contribution in [-0.4, -0.2) is 56.8 Å². The largest absolute Gasteiger partial charge is 0.356 e. The Hall–Kier alpha value is -3.43. The molecule has 6 heterocycles. The summed E-state index contributed by atoms with van der Waals surface area (Å²) in [6.07, 6.45) is 9.15. The molecule has 2 aliphatic rings. The number of anilines is 1. The highest BCUT2D eigenvalue weighted by molar-refractivity contribution is 5.75. The second-order valence-electron chi connectivity index (χ2n) is 8.83. The van der Waals surface area contributed by atoms with Gasteiger partial charge in [0.05, 0.1) is 31.0 Å². The van der Waals surface area contributed by atoms with Gasteiger partial charge < -0.3 is 10.6 Å². The normalized spacial score (nSPS) is 24.9. The third-order valence-electron chi connectivity index (χ3n) is 6.75. The number of aromatic nitrogens is 5. The molecule has 3 atom stereocenters. The molecule has 0 aliphatic carbocycles. The zero-order chi connectivity index (χ0) is 21.9. The van der Waals surface area contributed by atoms with Gasteiger partial charge in [-0.1, -0.05) is 0 Å². The number of quaternary nitrogens is 1. The maximum Gasteiger partial charge on any atom is 0.335 e. The molecule has 0 radical (unpaired) electrons. The van der Waals surface area contributed by atoms with Gasteiger partial charge in [0.2, 0.25) is 0 Å². The first-order valence-corrected chi connectivity index (χ1v) is 10.8. The predicted octanol–water partition coefficient (Wildman–Crippen LogP) is 2.90. The summed E-state index contributed by atoms with van der Waals surface area (Å²) in [6, 6.07) is 9.24. The highest BCUT2D eigenvalue weighted by Crippen LogP contribution is 2.45. The van der Waals surface area contributed by atoms with Crippen LogP contribution in [0.5, 0.6) is 0 Å². The number of likely N-dealkylation sites (N-methyl/N-ethyl adjacent to an activating group) is 1. The average molecular weight is 431 g/mol. The van der Waals surface area contributed by atoms with Crippen molar-refractivity contribution in [3.63, 3.8) is 0 Å². The fourth-order valence-corrected chi connectivity index (χ4v) is 5.16. The smallest absolute Gasteiger partial charge is 0.335 e. The molecule has 1 unspecified atom stereocenters. The number of halogens is 1. The summed E-state index contributed by atoms with van der Waals surface area (Å²) in [5.74, 6) is 0.366. The fraction of sp³-hybridized carbons (Fsp3) is 0.304. The number of piperidine rings is 1. The van der Waals surface area contributed by atoms with Crippen LogP contribution in [0, 0.1) is 5.82 Å². The van der Waals surface area contributed by atoms with Crippen LogP contribution >= 0.6 is 0 Å². The first-order chi connectivity index (χ1) is 15.5. The van der Waals surface area contributed by atoms with E-state index in [1.807, 2.05) is 29.2 Å². The molecule has 0 aromatic carbocycles. The van der Waals surface area contributed by atoms with Gasteiger partial charge in [-0.25, -0.2) is 8.87 Å². The van der Waals surface area contributed by atoms with Crippen molar-refractivity contribution in [3.8, 4) is 11.4 Å². The van der Waals surface area contributed by atoms with E-state index >= 15 is 0 Å². The van der Waals surface area contributed by atoms with Crippen LogP contribution in [0.4, 0.5) is 21.7 Å². The summed E-state index contributed by atoms with van der Waals surface area (Å²) in [7, 11) is 2.15. The Labute approximate surface area is 184 Å². The van der Waals surface area contributed by atoms with Crippen molar-refractivity contribution in [3.05, 3.63) is 60.9 Å². The zero-order valence-corrected chi connectivity index (χ0v) is 17.8. The van der Waals surface area contributed by atoms with Gasteiger partial charge >= 0.3 is 5.95 Å². The number of hydrogen-bond donors (Lipinski definition) is 1. The molecule has 2 N–H and O–H groups in total. The number of fused-ring (bicyclic) bond motifs is 4. The van der Waals surface area contributed by atoms with E-state index in [1.54, 1.807) is 18.3 Å². The quantitative estimate of drug-likeness (QED) is 0.491. The number of nitrogens with zero attached hydrogens (tertiary/aromatic N) is 7. The topological polar surface area (TPSA) is 85.2 Å². The van der Waals surface area contributed by atoms with E-state index in [4.69, 9.17) is 15.8 Å². The SMILES string of the molecule is C[N+]1(c2ncc3ccc(-c4ncccc4F)nn23)C[C@H]2CC[C@H](N)CN2c2ccncc21. The minimum Gasteiger partial charge on any atom is -0.356 e. The van der Waals surface area contributed by atoms with Gasteiger partial charge in [0.1, 0.15) is 23.6 Å². The van der Waals surface area contributed by atoms with E-state index in [1.165, 1.54) is 6.07 Å². The number of hydrogen-bond acceptors (Lipinski definition) is 6. The standard InChI is InChI=1S/C23H24FN8/c1-32(14-17-5-4-15(25)13-30(17)20-8-10-26-12-21(20)32)23-28-11-16-6-7-19(29-31(16)23)22-18(24)3-2-9-27-22/h2-3,6-12,15,17H,4-5,13-14,25H2,1H3/q+1/t15-,17+,32?/m0/s1. The molecule has 0 bridgehead atoms. The third kappa shape index (κ3) is 2.81. The van der Waals surface area contributed by atoms with Gasteiger partial charge in [-0.3, -0.25) is 9.97 Å². The Bertz CT molecular complexity index is 1320. The van der Waals surface area contributed by atoms with Crippen molar-refractivity contribution in [2.75, 3.05) is 25.0 Å². The van der Waals surface area contributed by atoms with Crippen LogP contribution in [0.1, 0.15) is 12.8 Å². The first-order valence-electron chi connectivity index (χ1n) is 10.8. The molecular formula is C23H24FN8+. The second kappa shape index (κ2) is 7.04. The number of imidazole rings is 1. The van der Waals surface area contributed by atoms with Crippen molar-refractivity contribution >= 4 is 22.8 Å². The van der Waals surface area contributed by atoms with Gasteiger partial charge in [-0.05, 0) is 43.2 Å². The lowest BCUT2D eigenvalue weighted by atomic mass is 9.94. The van der Waals surface area contributed by atoms with Gasteiger partial charge in [0.15, 0.2) is 11.5 Å². The monoisotopic (exact) mass is 431 g/mol. The van der Waals surface area contributed by atoms with Crippen molar-refractivity contribution in [2.24, 2.45) is 5.73 Å². The van der Waals surface area contributed by atoms with Gasteiger partial charge in [0, 0.05) is 25.0 Å². The molecule has 0 amide bonds. The van der Waals surface area contributed by atoms with Gasteiger partial charge in [-0.2, -0.15) is 14.6 Å². The van der Waals surface area contributed by atoms with Crippen molar-refractivity contribution in [2.45, 2.75) is 24.9 Å². The van der Waals surface area contributed by atoms with Crippen LogP contribution in [0.15, 0.2) is 55.1 Å². The number of rotatable bonds is 2. The lowest BCUT2D eigenvalue weighted by Crippen LogP contribution is -2.61. The molecular weight excluding hydrogens is 407 g/mol. The lowest BCUT2D eigenvalue weighted by molar-refractivity contribution is 0.311. The number of pyridine rings is 2. The van der Waals surface area contributed by atoms with Crippen molar-refractivity contribution in [1.82, 2.24) is 29.0 Å².